The number of rotatable bonds is 6. The summed E-state index contributed by atoms with van der Waals surface area (Å²) in [4.78, 5) is 45.4. The average molecular weight is 597 g/mol. The summed E-state index contributed by atoms with van der Waals surface area (Å²) in [5.74, 6) is -6.40. The number of Topliss-reactive ketones (excluding diaryl/α,β-unsaturated/α-hetero) is 2. The summed E-state index contributed by atoms with van der Waals surface area (Å²) in [7, 11) is 6.92. The van der Waals surface area contributed by atoms with Crippen molar-refractivity contribution < 1.29 is 34.8 Å². The van der Waals surface area contributed by atoms with E-state index in [1.54, 1.807) is 14.1 Å². The van der Waals surface area contributed by atoms with E-state index in [4.69, 9.17) is 5.73 Å². The van der Waals surface area contributed by atoms with Crippen LogP contribution in [-0.4, -0.2) is 101 Å². The molecule has 3 aliphatic carbocycles. The molecule has 1 saturated heterocycles. The number of ketones is 2. The number of anilines is 1. The third kappa shape index (κ3) is 4.63. The van der Waals surface area contributed by atoms with E-state index < -0.39 is 58.0 Å². The molecule has 1 heterocycles. The molecule has 2 fully saturated rings. The lowest BCUT2D eigenvalue weighted by atomic mass is 9.57. The van der Waals surface area contributed by atoms with Crippen molar-refractivity contribution in [2.24, 2.45) is 23.0 Å². The highest BCUT2D eigenvalue weighted by Crippen LogP contribution is 2.54. The molecule has 1 aromatic rings. The molecule has 6 N–H and O–H groups in total. The smallest absolute Gasteiger partial charge is 0.255 e. The molecule has 1 aliphatic heterocycles. The third-order valence-corrected chi connectivity index (χ3v) is 10.6. The fourth-order valence-corrected chi connectivity index (χ4v) is 7.71. The molecular formula is C32H44N4O7. The van der Waals surface area contributed by atoms with Gasteiger partial charge in [-0.3, -0.25) is 24.2 Å². The van der Waals surface area contributed by atoms with Gasteiger partial charge < -0.3 is 31.1 Å². The lowest BCUT2D eigenvalue weighted by molar-refractivity contribution is -0.153. The minimum Gasteiger partial charge on any atom is -0.508 e. The first kappa shape index (κ1) is 31.0. The number of aromatic hydroxyl groups is 1. The van der Waals surface area contributed by atoms with E-state index in [9.17, 15) is 34.8 Å². The molecule has 0 spiro atoms. The Morgan fingerprint density at radius 1 is 1.12 bits per heavy atom. The zero-order valence-corrected chi connectivity index (χ0v) is 25.9. The zero-order valence-electron chi connectivity index (χ0n) is 25.9. The second-order valence-corrected chi connectivity index (χ2v) is 13.6. The van der Waals surface area contributed by atoms with Crippen LogP contribution in [-0.2, 0) is 27.3 Å². The summed E-state index contributed by atoms with van der Waals surface area (Å²) >= 11 is 0. The summed E-state index contributed by atoms with van der Waals surface area (Å²) in [5.41, 5.74) is 4.31. The Kier molecular flexibility index (Phi) is 7.68. The van der Waals surface area contributed by atoms with Crippen LogP contribution in [0.2, 0.25) is 0 Å². The van der Waals surface area contributed by atoms with E-state index in [0.717, 1.165) is 38.0 Å². The van der Waals surface area contributed by atoms with E-state index in [0.29, 0.717) is 23.1 Å². The van der Waals surface area contributed by atoms with Gasteiger partial charge in [0.25, 0.3) is 5.91 Å². The van der Waals surface area contributed by atoms with Crippen LogP contribution in [0.25, 0.3) is 5.76 Å². The topological polar surface area (TPSA) is 168 Å². The highest BCUT2D eigenvalue weighted by Gasteiger charge is 2.64. The number of aliphatic hydroxyl groups is 3. The molecule has 4 aliphatic rings. The Labute approximate surface area is 252 Å². The first-order valence-corrected chi connectivity index (χ1v) is 15.0. The van der Waals surface area contributed by atoms with Crippen LogP contribution in [0.5, 0.6) is 5.75 Å². The van der Waals surface area contributed by atoms with Crippen molar-refractivity contribution in [3.63, 3.8) is 0 Å². The molecule has 11 nitrogen and oxygen atoms in total. The fourth-order valence-electron chi connectivity index (χ4n) is 7.71. The van der Waals surface area contributed by atoms with Gasteiger partial charge in [-0.15, -0.1) is 0 Å². The zero-order chi connectivity index (χ0) is 31.8. The number of phenols is 1. The first-order chi connectivity index (χ1) is 20.1. The maximum absolute atomic E-state index is 14.2. The van der Waals surface area contributed by atoms with Gasteiger partial charge in [-0.1, -0.05) is 20.3 Å². The number of carbonyl (C=O) groups is 3. The molecule has 0 aromatic heterocycles. The molecule has 4 atom stereocenters. The van der Waals surface area contributed by atoms with Gasteiger partial charge in [-0.2, -0.15) is 0 Å². The van der Waals surface area contributed by atoms with Crippen LogP contribution in [0.15, 0.2) is 23.0 Å². The predicted molar refractivity (Wildman–Crippen MR) is 161 cm³/mol. The van der Waals surface area contributed by atoms with Gasteiger partial charge in [0.05, 0.1) is 11.6 Å². The van der Waals surface area contributed by atoms with Crippen molar-refractivity contribution in [1.29, 1.82) is 0 Å². The Morgan fingerprint density at radius 2 is 1.74 bits per heavy atom. The molecule has 11 heteroatoms. The molecular weight excluding hydrogens is 552 g/mol. The molecule has 1 saturated carbocycles. The third-order valence-electron chi connectivity index (χ3n) is 10.6. The number of amides is 1. The second kappa shape index (κ2) is 10.6. The normalized spacial score (nSPS) is 29.0. The van der Waals surface area contributed by atoms with E-state index in [1.807, 2.05) is 25.1 Å². The average Bonchev–Trinajstić information content (AvgIpc) is 2.93. The number of nitrogens with two attached hydrogens (primary N) is 1. The number of nitrogens with zero attached hydrogens (tertiary/aromatic N) is 3. The summed E-state index contributed by atoms with van der Waals surface area (Å²) < 4.78 is 0. The van der Waals surface area contributed by atoms with Crippen LogP contribution >= 0.6 is 0 Å². The van der Waals surface area contributed by atoms with Gasteiger partial charge in [-0.25, -0.2) is 0 Å². The van der Waals surface area contributed by atoms with Gasteiger partial charge in [0.15, 0.2) is 11.4 Å². The number of piperidine rings is 1. The van der Waals surface area contributed by atoms with Crippen LogP contribution in [0.3, 0.4) is 0 Å². The molecule has 0 unspecified atom stereocenters. The molecule has 1 aromatic carbocycles. The van der Waals surface area contributed by atoms with Crippen LogP contribution < -0.4 is 10.6 Å². The Balaban J connectivity index is 1.63. The summed E-state index contributed by atoms with van der Waals surface area (Å²) in [6.45, 7) is 6.72. The van der Waals surface area contributed by atoms with Crippen molar-refractivity contribution >= 4 is 28.9 Å². The Bertz CT molecular complexity index is 1450. The molecule has 1 amide bonds. The van der Waals surface area contributed by atoms with Crippen molar-refractivity contribution in [3.05, 3.63) is 39.7 Å². The Morgan fingerprint density at radius 3 is 2.28 bits per heavy atom. The first-order valence-electron chi connectivity index (χ1n) is 15.0. The number of hydrogen-bond acceptors (Lipinski definition) is 10. The number of benzene rings is 1. The van der Waals surface area contributed by atoms with Crippen molar-refractivity contribution in [2.45, 2.75) is 64.1 Å². The highest BCUT2D eigenvalue weighted by molar-refractivity contribution is 6.24. The van der Waals surface area contributed by atoms with E-state index in [-0.39, 0.29) is 29.7 Å². The maximum atomic E-state index is 14.2. The van der Waals surface area contributed by atoms with Gasteiger partial charge in [0, 0.05) is 43.4 Å². The number of likely N-dealkylation sites (tertiary alicyclic amines) is 1. The number of carbonyl (C=O) groups excluding carboxylic acids is 3. The molecule has 5 rings (SSSR count). The maximum Gasteiger partial charge on any atom is 0.255 e. The van der Waals surface area contributed by atoms with Gasteiger partial charge in [0.2, 0.25) is 5.78 Å². The molecule has 234 valence electrons. The van der Waals surface area contributed by atoms with Crippen LogP contribution in [0.4, 0.5) is 5.69 Å². The van der Waals surface area contributed by atoms with Crippen LogP contribution in [0, 0.1) is 17.3 Å². The van der Waals surface area contributed by atoms with Crippen molar-refractivity contribution in [2.75, 3.05) is 46.2 Å². The Hall–Kier alpha value is -3.41. The predicted octanol–water partition coefficient (Wildman–Crippen LogP) is 2.04. The van der Waals surface area contributed by atoms with Gasteiger partial charge in [0.1, 0.15) is 22.8 Å². The number of fused-ring (bicyclic) bond motifs is 3. The quantitative estimate of drug-likeness (QED) is 0.307. The fraction of sp³-hybridized carbons (Fsp3) is 0.594. The number of aliphatic hydroxyl groups excluding tert-OH is 2. The van der Waals surface area contributed by atoms with Crippen molar-refractivity contribution in [1.82, 2.24) is 9.80 Å². The molecule has 43 heavy (non-hydrogen) atoms. The minimum absolute atomic E-state index is 0.0606. The lowest BCUT2D eigenvalue weighted by Crippen LogP contribution is -2.65. The number of likely N-dealkylation sites (N-methyl/N-ethyl adjacent to an activating group) is 1. The highest BCUT2D eigenvalue weighted by atomic mass is 16.3. The van der Waals surface area contributed by atoms with Gasteiger partial charge in [-0.05, 0) is 75.8 Å². The monoisotopic (exact) mass is 596 g/mol. The molecule has 0 radical (unpaired) electrons. The second-order valence-electron chi connectivity index (χ2n) is 13.6. The van der Waals surface area contributed by atoms with Gasteiger partial charge >= 0.3 is 0 Å². The summed E-state index contributed by atoms with van der Waals surface area (Å²) in [6, 6.07) is 0.822. The van der Waals surface area contributed by atoms with Crippen molar-refractivity contribution in [3.8, 4) is 5.75 Å². The largest absolute Gasteiger partial charge is 0.508 e. The summed E-state index contributed by atoms with van der Waals surface area (Å²) in [5, 5.41) is 46.3. The van der Waals surface area contributed by atoms with E-state index in [2.05, 4.69) is 18.7 Å². The minimum atomic E-state index is -2.65. The number of hydrogen-bond donors (Lipinski definition) is 5. The lowest BCUT2D eigenvalue weighted by Gasteiger charge is -2.50. The van der Waals surface area contributed by atoms with Crippen LogP contribution in [0.1, 0.15) is 56.2 Å². The van der Waals surface area contributed by atoms with E-state index in [1.165, 1.54) is 4.90 Å². The standard InChI is InChI=1S/C32H44N4O7/c1-7-31(2)8-10-36(11-9-31)15-17-14-20(34(3)4)18-12-16-13-19-24(35(5)6)27(39)23(30(33)42)29(41)32(19,43)28(40)21(16)26(38)22(18)25(17)37/h14,16,19,24,37-38,41,43H,7-13,15H2,1-6H3,(H2,33,42)/t16-,19-,24-,32-/m0/s1. The molecule has 0 bridgehead atoms. The summed E-state index contributed by atoms with van der Waals surface area (Å²) in [6.07, 6.45) is 3.51. The van der Waals surface area contributed by atoms with E-state index >= 15 is 0 Å². The number of primary amides is 1. The number of phenolic OH excluding ortho intramolecular Hbond substituents is 1. The SMILES string of the molecule is CCC1(C)CCN(Cc2cc(N(C)C)c3c(c2O)C(O)=C2C(=O)[C@]4(O)C(O)=C(C(N)=O)C(=O)[C@@H](N(C)C)[C@@H]4C[C@@H]2C3)CC1.